The lowest BCUT2D eigenvalue weighted by atomic mass is 10.3. The van der Waals surface area contributed by atoms with Crippen molar-refractivity contribution >= 4 is 17.5 Å². The number of aromatic nitrogens is 3. The third-order valence-corrected chi connectivity index (χ3v) is 2.75. The number of carbonyl (C=O) groups excluding carboxylic acids is 1. The van der Waals surface area contributed by atoms with Crippen LogP contribution in [0, 0.1) is 0 Å². The van der Waals surface area contributed by atoms with Crippen molar-refractivity contribution in [2.45, 2.75) is 6.18 Å². The summed E-state index contributed by atoms with van der Waals surface area (Å²) >= 11 is 5.82. The van der Waals surface area contributed by atoms with E-state index in [4.69, 9.17) is 11.6 Å². The molecule has 0 aliphatic rings. The van der Waals surface area contributed by atoms with Crippen molar-refractivity contribution in [1.29, 1.82) is 0 Å². The number of amides is 1. The molecule has 0 saturated carbocycles. The van der Waals surface area contributed by atoms with E-state index >= 15 is 0 Å². The zero-order valence-electron chi connectivity index (χ0n) is 10.8. The lowest BCUT2D eigenvalue weighted by molar-refractivity contribution is -0.138. The summed E-state index contributed by atoms with van der Waals surface area (Å²) < 4.78 is 36.7. The number of nitrogens with zero attached hydrogens (tertiary/aromatic N) is 4. The van der Waals surface area contributed by atoms with Gasteiger partial charge in [-0.05, 0) is 18.2 Å². The Morgan fingerprint density at radius 3 is 2.76 bits per heavy atom. The number of hydrogen-bond donors (Lipinski definition) is 0. The van der Waals surface area contributed by atoms with E-state index in [1.807, 2.05) is 0 Å². The molecular formula is C12H10ClF3N4O. The van der Waals surface area contributed by atoms with Gasteiger partial charge in [0, 0.05) is 12.1 Å². The maximum Gasteiger partial charge on any atom is 0.406 e. The summed E-state index contributed by atoms with van der Waals surface area (Å²) in [6.45, 7) is -1.35. The van der Waals surface area contributed by atoms with Gasteiger partial charge in [-0.3, -0.25) is 4.79 Å². The predicted molar refractivity (Wildman–Crippen MR) is 69.4 cm³/mol. The lowest BCUT2D eigenvalue weighted by Gasteiger charge is -2.17. The van der Waals surface area contributed by atoms with Crippen molar-refractivity contribution in [3.63, 3.8) is 0 Å². The molecule has 5 nitrogen and oxygen atoms in total. The van der Waals surface area contributed by atoms with Crippen LogP contribution in [0.25, 0.3) is 5.69 Å². The van der Waals surface area contributed by atoms with E-state index in [1.165, 1.54) is 0 Å². The molecule has 0 aliphatic heterocycles. The van der Waals surface area contributed by atoms with Crippen molar-refractivity contribution < 1.29 is 18.0 Å². The third-order valence-electron chi connectivity index (χ3n) is 2.51. The van der Waals surface area contributed by atoms with Gasteiger partial charge in [0.05, 0.1) is 11.9 Å². The molecule has 0 saturated heterocycles. The SMILES string of the molecule is CN(CC(F)(F)F)C(=O)c1cnn(-c2cccc(Cl)c2)n1. The van der Waals surface area contributed by atoms with Crippen molar-refractivity contribution in [2.75, 3.05) is 13.6 Å². The Kier molecular flexibility index (Phi) is 4.17. The van der Waals surface area contributed by atoms with Gasteiger partial charge in [-0.2, -0.15) is 23.1 Å². The van der Waals surface area contributed by atoms with E-state index in [9.17, 15) is 18.0 Å². The number of alkyl halides is 3. The van der Waals surface area contributed by atoms with Gasteiger partial charge in [0.2, 0.25) is 0 Å². The Morgan fingerprint density at radius 2 is 2.14 bits per heavy atom. The van der Waals surface area contributed by atoms with E-state index in [-0.39, 0.29) is 5.69 Å². The summed E-state index contributed by atoms with van der Waals surface area (Å²) in [5, 5.41) is 8.16. The first-order valence-corrected chi connectivity index (χ1v) is 6.14. The molecule has 21 heavy (non-hydrogen) atoms. The van der Waals surface area contributed by atoms with Gasteiger partial charge in [-0.1, -0.05) is 17.7 Å². The molecule has 112 valence electrons. The van der Waals surface area contributed by atoms with E-state index in [0.29, 0.717) is 15.6 Å². The number of rotatable bonds is 3. The van der Waals surface area contributed by atoms with Crippen LogP contribution in [-0.2, 0) is 0 Å². The van der Waals surface area contributed by atoms with Gasteiger partial charge in [0.1, 0.15) is 6.54 Å². The average Bonchev–Trinajstić information content (AvgIpc) is 2.85. The lowest BCUT2D eigenvalue weighted by Crippen LogP contribution is -2.36. The van der Waals surface area contributed by atoms with Crippen LogP contribution in [-0.4, -0.2) is 45.6 Å². The molecule has 0 aliphatic carbocycles. The summed E-state index contributed by atoms with van der Waals surface area (Å²) in [5.74, 6) is -0.861. The van der Waals surface area contributed by atoms with Crippen LogP contribution in [0.4, 0.5) is 13.2 Å². The normalized spacial score (nSPS) is 11.5. The molecule has 1 heterocycles. The van der Waals surface area contributed by atoms with Gasteiger partial charge in [-0.25, -0.2) is 0 Å². The molecule has 2 aromatic rings. The van der Waals surface area contributed by atoms with Crippen LogP contribution in [0.5, 0.6) is 0 Å². The van der Waals surface area contributed by atoms with E-state index in [1.54, 1.807) is 24.3 Å². The molecule has 0 bridgehead atoms. The summed E-state index contributed by atoms with van der Waals surface area (Å²) in [4.78, 5) is 13.5. The molecule has 9 heteroatoms. The first-order valence-electron chi connectivity index (χ1n) is 5.77. The van der Waals surface area contributed by atoms with Gasteiger partial charge in [0.25, 0.3) is 5.91 Å². The van der Waals surface area contributed by atoms with Gasteiger partial charge >= 0.3 is 6.18 Å². The number of carbonyl (C=O) groups is 1. The summed E-state index contributed by atoms with van der Waals surface area (Å²) in [5.41, 5.74) is 0.321. The second kappa shape index (κ2) is 5.72. The maximum absolute atomic E-state index is 12.2. The second-order valence-electron chi connectivity index (χ2n) is 4.28. The topological polar surface area (TPSA) is 51.0 Å². The van der Waals surface area contributed by atoms with Crippen molar-refractivity contribution in [1.82, 2.24) is 19.9 Å². The molecular weight excluding hydrogens is 309 g/mol. The molecule has 0 spiro atoms. The molecule has 0 radical (unpaired) electrons. The fraction of sp³-hybridized carbons (Fsp3) is 0.250. The van der Waals surface area contributed by atoms with Crippen molar-refractivity contribution in [3.8, 4) is 5.69 Å². The van der Waals surface area contributed by atoms with Crippen LogP contribution in [0.15, 0.2) is 30.5 Å². The molecule has 1 amide bonds. The first kappa shape index (κ1) is 15.3. The Hall–Kier alpha value is -2.09. The smallest absolute Gasteiger partial charge is 0.331 e. The molecule has 0 atom stereocenters. The number of benzene rings is 1. The molecule has 0 unspecified atom stereocenters. The molecule has 0 fully saturated rings. The average molecular weight is 319 g/mol. The summed E-state index contributed by atoms with van der Waals surface area (Å²) in [6, 6.07) is 6.53. The Bertz CT molecular complexity index is 656. The minimum Gasteiger partial charge on any atom is -0.331 e. The van der Waals surface area contributed by atoms with Crippen LogP contribution in [0.3, 0.4) is 0 Å². The monoisotopic (exact) mass is 318 g/mol. The number of hydrogen-bond acceptors (Lipinski definition) is 3. The minimum absolute atomic E-state index is 0.179. The van der Waals surface area contributed by atoms with Crippen LogP contribution in [0.2, 0.25) is 5.02 Å². The van der Waals surface area contributed by atoms with Crippen molar-refractivity contribution in [3.05, 3.63) is 41.2 Å². The quantitative estimate of drug-likeness (QED) is 0.874. The molecule has 1 aromatic carbocycles. The molecule has 2 rings (SSSR count). The highest BCUT2D eigenvalue weighted by molar-refractivity contribution is 6.30. The fourth-order valence-corrected chi connectivity index (χ4v) is 1.81. The third kappa shape index (κ3) is 3.94. The van der Waals surface area contributed by atoms with Crippen molar-refractivity contribution in [2.24, 2.45) is 0 Å². The Morgan fingerprint density at radius 1 is 1.43 bits per heavy atom. The number of halogens is 4. The molecule has 0 N–H and O–H groups in total. The van der Waals surface area contributed by atoms with Crippen LogP contribution < -0.4 is 0 Å². The Labute approximate surface area is 122 Å². The minimum atomic E-state index is -4.46. The standard InChI is InChI=1S/C12H10ClF3N4O/c1-19(7-12(14,15)16)11(21)10-6-17-20(18-10)9-4-2-3-8(13)5-9/h2-6H,7H2,1H3. The predicted octanol–water partition coefficient (Wildman–Crippen LogP) is 2.56. The highest BCUT2D eigenvalue weighted by Crippen LogP contribution is 2.17. The second-order valence-corrected chi connectivity index (χ2v) is 4.71. The van der Waals surface area contributed by atoms with E-state index in [2.05, 4.69) is 10.2 Å². The zero-order chi connectivity index (χ0) is 15.6. The fourth-order valence-electron chi connectivity index (χ4n) is 1.62. The Balaban J connectivity index is 2.18. The van der Waals surface area contributed by atoms with E-state index in [0.717, 1.165) is 18.0 Å². The maximum atomic E-state index is 12.2. The van der Waals surface area contributed by atoms with Gasteiger partial charge < -0.3 is 4.90 Å². The molecule has 1 aromatic heterocycles. The largest absolute Gasteiger partial charge is 0.406 e. The zero-order valence-corrected chi connectivity index (χ0v) is 11.6. The van der Waals surface area contributed by atoms with Gasteiger partial charge in [-0.15, -0.1) is 5.10 Å². The summed E-state index contributed by atoms with van der Waals surface area (Å²) in [7, 11) is 1.05. The van der Waals surface area contributed by atoms with E-state index < -0.39 is 18.6 Å². The first-order chi connectivity index (χ1) is 9.76. The summed E-state index contributed by atoms with van der Waals surface area (Å²) in [6.07, 6.45) is -3.36. The van der Waals surface area contributed by atoms with Gasteiger partial charge in [0.15, 0.2) is 5.69 Å². The van der Waals surface area contributed by atoms with Crippen LogP contribution in [0.1, 0.15) is 10.5 Å². The van der Waals surface area contributed by atoms with Crippen LogP contribution >= 0.6 is 11.6 Å². The highest BCUT2D eigenvalue weighted by atomic mass is 35.5. The highest BCUT2D eigenvalue weighted by Gasteiger charge is 2.32.